The Morgan fingerprint density at radius 2 is 1.94 bits per heavy atom. The second-order valence-electron chi connectivity index (χ2n) is 8.05. The van der Waals surface area contributed by atoms with Gasteiger partial charge in [0.25, 0.3) is 0 Å². The number of aryl methyl sites for hydroxylation is 2. The van der Waals surface area contributed by atoms with E-state index in [9.17, 15) is 8.42 Å². The van der Waals surface area contributed by atoms with E-state index >= 15 is 0 Å². The SMILES string of the molecule is CCc1ccc(-c2cc(C)no2)cc1S(=O)(=O)NCCCN1CCc2ccccc2C1. The zero-order chi connectivity index (χ0) is 21.8. The maximum atomic E-state index is 13.0. The molecule has 0 spiro atoms. The van der Waals surface area contributed by atoms with E-state index in [2.05, 4.69) is 39.0 Å². The summed E-state index contributed by atoms with van der Waals surface area (Å²) in [5.74, 6) is 0.571. The van der Waals surface area contributed by atoms with Gasteiger partial charge in [-0.1, -0.05) is 48.5 Å². The molecule has 0 saturated heterocycles. The van der Waals surface area contributed by atoms with E-state index in [-0.39, 0.29) is 0 Å². The van der Waals surface area contributed by atoms with E-state index in [1.54, 1.807) is 6.07 Å². The Bertz CT molecular complexity index is 1150. The summed E-state index contributed by atoms with van der Waals surface area (Å²) in [6, 6.07) is 15.8. The van der Waals surface area contributed by atoms with Crippen molar-refractivity contribution in [1.29, 1.82) is 0 Å². The molecule has 0 fully saturated rings. The molecule has 2 aromatic carbocycles. The Kier molecular flexibility index (Phi) is 6.55. The Balaban J connectivity index is 1.38. The van der Waals surface area contributed by atoms with Gasteiger partial charge in [0.05, 0.1) is 10.6 Å². The van der Waals surface area contributed by atoms with Crippen LogP contribution in [0.3, 0.4) is 0 Å². The normalized spacial score (nSPS) is 14.5. The van der Waals surface area contributed by atoms with Crippen molar-refractivity contribution in [3.05, 3.63) is 70.9 Å². The molecule has 164 valence electrons. The van der Waals surface area contributed by atoms with Gasteiger partial charge in [0, 0.05) is 31.3 Å². The van der Waals surface area contributed by atoms with Gasteiger partial charge in [-0.15, -0.1) is 0 Å². The Morgan fingerprint density at radius 3 is 2.68 bits per heavy atom. The van der Waals surface area contributed by atoms with Crippen LogP contribution >= 0.6 is 0 Å². The minimum atomic E-state index is -3.61. The van der Waals surface area contributed by atoms with Crippen LogP contribution in [0.1, 0.15) is 35.7 Å². The second-order valence-corrected chi connectivity index (χ2v) is 9.79. The fourth-order valence-electron chi connectivity index (χ4n) is 4.08. The molecule has 1 aromatic heterocycles. The first-order chi connectivity index (χ1) is 15.0. The van der Waals surface area contributed by atoms with E-state index in [1.807, 2.05) is 32.0 Å². The first kappa shape index (κ1) is 21.7. The maximum Gasteiger partial charge on any atom is 0.240 e. The van der Waals surface area contributed by atoms with Gasteiger partial charge in [0.2, 0.25) is 10.0 Å². The van der Waals surface area contributed by atoms with Crippen molar-refractivity contribution in [2.75, 3.05) is 19.6 Å². The van der Waals surface area contributed by atoms with Crippen molar-refractivity contribution in [1.82, 2.24) is 14.8 Å². The molecule has 0 radical (unpaired) electrons. The lowest BCUT2D eigenvalue weighted by molar-refractivity contribution is 0.251. The summed E-state index contributed by atoms with van der Waals surface area (Å²) in [6.07, 6.45) is 2.46. The molecule has 31 heavy (non-hydrogen) atoms. The number of fused-ring (bicyclic) bond motifs is 1. The molecular weight excluding hydrogens is 410 g/mol. The van der Waals surface area contributed by atoms with E-state index in [1.165, 1.54) is 11.1 Å². The van der Waals surface area contributed by atoms with Gasteiger partial charge in [-0.25, -0.2) is 13.1 Å². The summed E-state index contributed by atoms with van der Waals surface area (Å²) in [5.41, 5.74) is 5.07. The van der Waals surface area contributed by atoms with E-state index in [4.69, 9.17) is 4.52 Å². The third-order valence-electron chi connectivity index (χ3n) is 5.80. The van der Waals surface area contributed by atoms with Crippen LogP contribution in [0.2, 0.25) is 0 Å². The summed E-state index contributed by atoms with van der Waals surface area (Å²) >= 11 is 0. The quantitative estimate of drug-likeness (QED) is 0.538. The number of rotatable bonds is 8. The van der Waals surface area contributed by atoms with Gasteiger partial charge >= 0.3 is 0 Å². The Hall–Kier alpha value is -2.48. The summed E-state index contributed by atoms with van der Waals surface area (Å²) in [7, 11) is -3.61. The number of aromatic nitrogens is 1. The predicted molar refractivity (Wildman–Crippen MR) is 121 cm³/mol. The smallest absolute Gasteiger partial charge is 0.240 e. The zero-order valence-electron chi connectivity index (χ0n) is 18.1. The highest BCUT2D eigenvalue weighted by atomic mass is 32.2. The van der Waals surface area contributed by atoms with Crippen LogP contribution < -0.4 is 4.72 Å². The van der Waals surface area contributed by atoms with Crippen LogP contribution in [-0.2, 0) is 29.4 Å². The molecule has 1 aliphatic rings. The molecule has 0 amide bonds. The summed E-state index contributed by atoms with van der Waals surface area (Å²) in [4.78, 5) is 2.70. The molecule has 2 heterocycles. The second kappa shape index (κ2) is 9.34. The van der Waals surface area contributed by atoms with Crippen LogP contribution in [0.15, 0.2) is 57.9 Å². The minimum Gasteiger partial charge on any atom is -0.356 e. The summed E-state index contributed by atoms with van der Waals surface area (Å²) in [6.45, 7) is 7.03. The van der Waals surface area contributed by atoms with Crippen LogP contribution in [-0.4, -0.2) is 38.1 Å². The summed E-state index contributed by atoms with van der Waals surface area (Å²) in [5, 5.41) is 3.90. The molecule has 3 aromatic rings. The van der Waals surface area contributed by atoms with Gasteiger partial charge in [0.1, 0.15) is 0 Å². The molecule has 4 rings (SSSR count). The van der Waals surface area contributed by atoms with Gasteiger partial charge in [-0.2, -0.15) is 0 Å². The van der Waals surface area contributed by atoms with Crippen molar-refractivity contribution in [2.24, 2.45) is 0 Å². The lowest BCUT2D eigenvalue weighted by atomic mass is 10.00. The molecule has 0 bridgehead atoms. The number of hydrogen-bond acceptors (Lipinski definition) is 5. The van der Waals surface area contributed by atoms with Gasteiger partial charge < -0.3 is 4.52 Å². The number of nitrogens with one attached hydrogen (secondary N) is 1. The molecule has 7 heteroatoms. The van der Waals surface area contributed by atoms with Crippen LogP contribution in [0, 0.1) is 6.92 Å². The monoisotopic (exact) mass is 439 g/mol. The first-order valence-corrected chi connectivity index (χ1v) is 12.3. The van der Waals surface area contributed by atoms with E-state index in [0.717, 1.165) is 43.7 Å². The molecule has 1 aliphatic heterocycles. The van der Waals surface area contributed by atoms with Crippen molar-refractivity contribution >= 4 is 10.0 Å². The van der Waals surface area contributed by atoms with E-state index < -0.39 is 10.0 Å². The lowest BCUT2D eigenvalue weighted by Gasteiger charge is -2.28. The Labute approximate surface area is 184 Å². The average molecular weight is 440 g/mol. The molecule has 6 nitrogen and oxygen atoms in total. The number of nitrogens with zero attached hydrogens (tertiary/aromatic N) is 2. The highest BCUT2D eigenvalue weighted by Crippen LogP contribution is 2.26. The minimum absolute atomic E-state index is 0.313. The average Bonchev–Trinajstić information content (AvgIpc) is 3.22. The standard InChI is InChI=1S/C24H29N3O3S/c1-3-19-9-10-21(23-15-18(2)26-30-23)16-24(19)31(28,29)25-12-6-13-27-14-11-20-7-4-5-8-22(20)17-27/h4-5,7-10,15-16,25H,3,6,11-14,17H2,1-2H3. The lowest BCUT2D eigenvalue weighted by Crippen LogP contribution is -2.34. The molecule has 0 unspecified atom stereocenters. The van der Waals surface area contributed by atoms with Crippen LogP contribution in [0.25, 0.3) is 11.3 Å². The number of sulfonamides is 1. The predicted octanol–water partition coefficient (Wildman–Crippen LogP) is 3.94. The summed E-state index contributed by atoms with van der Waals surface area (Å²) < 4.78 is 34.2. The van der Waals surface area contributed by atoms with Crippen molar-refractivity contribution in [2.45, 2.75) is 44.6 Å². The first-order valence-electron chi connectivity index (χ1n) is 10.8. The molecule has 0 aliphatic carbocycles. The van der Waals surface area contributed by atoms with Crippen LogP contribution in [0.5, 0.6) is 0 Å². The Morgan fingerprint density at radius 1 is 1.13 bits per heavy atom. The number of hydrogen-bond donors (Lipinski definition) is 1. The topological polar surface area (TPSA) is 75.4 Å². The molecule has 1 N–H and O–H groups in total. The highest BCUT2D eigenvalue weighted by molar-refractivity contribution is 7.89. The van der Waals surface area contributed by atoms with Crippen molar-refractivity contribution in [3.63, 3.8) is 0 Å². The molecule has 0 saturated carbocycles. The van der Waals surface area contributed by atoms with Crippen molar-refractivity contribution in [3.8, 4) is 11.3 Å². The highest BCUT2D eigenvalue weighted by Gasteiger charge is 2.20. The third kappa shape index (κ3) is 5.06. The van der Waals surface area contributed by atoms with Gasteiger partial charge in [-0.3, -0.25) is 4.90 Å². The fraction of sp³-hybridized carbons (Fsp3) is 0.375. The largest absolute Gasteiger partial charge is 0.356 e. The molecular formula is C24H29N3O3S. The molecule has 0 atom stereocenters. The fourth-order valence-corrected chi connectivity index (χ4v) is 5.49. The van der Waals surface area contributed by atoms with Gasteiger partial charge in [0.15, 0.2) is 5.76 Å². The number of benzene rings is 2. The van der Waals surface area contributed by atoms with Crippen molar-refractivity contribution < 1.29 is 12.9 Å². The van der Waals surface area contributed by atoms with Crippen LogP contribution in [0.4, 0.5) is 0 Å². The zero-order valence-corrected chi connectivity index (χ0v) is 18.9. The van der Waals surface area contributed by atoms with Gasteiger partial charge in [-0.05, 0) is 55.5 Å². The third-order valence-corrected chi connectivity index (χ3v) is 7.35. The van der Waals surface area contributed by atoms with E-state index in [0.29, 0.717) is 29.2 Å². The maximum absolute atomic E-state index is 13.0.